The molecule has 6 aromatic carbocycles. The van der Waals surface area contributed by atoms with Crippen molar-refractivity contribution in [1.29, 1.82) is 0 Å². The van der Waals surface area contributed by atoms with E-state index in [0.29, 0.717) is 0 Å². The van der Waals surface area contributed by atoms with Crippen molar-refractivity contribution in [3.05, 3.63) is 184 Å². The molecular formula is C49H43N. The van der Waals surface area contributed by atoms with E-state index in [-0.39, 0.29) is 16.2 Å². The van der Waals surface area contributed by atoms with E-state index in [1.54, 1.807) is 0 Å². The van der Waals surface area contributed by atoms with E-state index in [2.05, 4.69) is 198 Å². The first-order valence-electron chi connectivity index (χ1n) is 17.9. The zero-order valence-electron chi connectivity index (χ0n) is 29.9. The summed E-state index contributed by atoms with van der Waals surface area (Å²) < 4.78 is 0. The molecule has 0 N–H and O–H groups in total. The van der Waals surface area contributed by atoms with Crippen LogP contribution in [-0.2, 0) is 16.2 Å². The lowest BCUT2D eigenvalue weighted by atomic mass is 9.75. The Labute approximate surface area is 297 Å². The van der Waals surface area contributed by atoms with Gasteiger partial charge in [0.2, 0.25) is 0 Å². The van der Waals surface area contributed by atoms with Gasteiger partial charge in [-0.2, -0.15) is 0 Å². The van der Waals surface area contributed by atoms with E-state index < -0.39 is 0 Å². The van der Waals surface area contributed by atoms with Gasteiger partial charge in [-0.05, 0) is 103 Å². The number of hydrogen-bond donors (Lipinski definition) is 0. The molecule has 0 aromatic heterocycles. The molecule has 0 atom stereocenters. The highest BCUT2D eigenvalue weighted by Crippen LogP contribution is 2.62. The molecule has 6 aromatic rings. The summed E-state index contributed by atoms with van der Waals surface area (Å²) in [7, 11) is 0. The number of hydrogen-bond acceptors (Lipinski definition) is 1. The lowest BCUT2D eigenvalue weighted by Crippen LogP contribution is -2.19. The number of anilines is 3. The Bertz CT molecular complexity index is 2380. The van der Waals surface area contributed by atoms with Crippen LogP contribution in [0.3, 0.4) is 0 Å². The van der Waals surface area contributed by atoms with Gasteiger partial charge in [0.1, 0.15) is 0 Å². The lowest BCUT2D eigenvalue weighted by Gasteiger charge is -2.28. The van der Waals surface area contributed by atoms with Gasteiger partial charge < -0.3 is 4.90 Å². The van der Waals surface area contributed by atoms with Crippen LogP contribution in [0, 0.1) is 0 Å². The third-order valence-electron chi connectivity index (χ3n) is 11.8. The highest BCUT2D eigenvalue weighted by Gasteiger charge is 2.49. The first-order valence-corrected chi connectivity index (χ1v) is 17.9. The Morgan fingerprint density at radius 1 is 0.360 bits per heavy atom. The van der Waals surface area contributed by atoms with Crippen LogP contribution in [0.25, 0.3) is 34.4 Å². The van der Waals surface area contributed by atoms with Crippen molar-refractivity contribution >= 4 is 40.4 Å². The largest absolute Gasteiger partial charge is 0.310 e. The zero-order chi connectivity index (χ0) is 34.4. The van der Waals surface area contributed by atoms with Gasteiger partial charge in [-0.3, -0.25) is 0 Å². The van der Waals surface area contributed by atoms with Crippen LogP contribution in [-0.4, -0.2) is 0 Å². The van der Waals surface area contributed by atoms with Crippen molar-refractivity contribution in [2.75, 3.05) is 4.90 Å². The second kappa shape index (κ2) is 10.8. The third kappa shape index (κ3) is 4.39. The fourth-order valence-electron chi connectivity index (χ4n) is 9.27. The molecule has 0 aliphatic heterocycles. The fraction of sp³-hybridized carbons (Fsp3) is 0.184. The fourth-order valence-corrected chi connectivity index (χ4v) is 9.27. The summed E-state index contributed by atoms with van der Waals surface area (Å²) in [5.41, 5.74) is 20.0. The summed E-state index contributed by atoms with van der Waals surface area (Å²) in [6, 6.07) is 51.6. The second-order valence-corrected chi connectivity index (χ2v) is 15.8. The van der Waals surface area contributed by atoms with Crippen LogP contribution in [0.1, 0.15) is 86.1 Å². The summed E-state index contributed by atoms with van der Waals surface area (Å²) >= 11 is 0. The molecule has 0 unspecified atom stereocenters. The molecule has 9 rings (SSSR count). The van der Waals surface area contributed by atoms with Crippen LogP contribution in [0.2, 0.25) is 0 Å². The van der Waals surface area contributed by atoms with Crippen molar-refractivity contribution in [3.8, 4) is 11.1 Å². The molecule has 1 heteroatoms. The zero-order valence-corrected chi connectivity index (χ0v) is 29.9. The Morgan fingerprint density at radius 2 is 0.820 bits per heavy atom. The van der Waals surface area contributed by atoms with Gasteiger partial charge in [0.05, 0.1) is 0 Å². The van der Waals surface area contributed by atoms with E-state index in [4.69, 9.17) is 0 Å². The first-order chi connectivity index (χ1) is 24.1. The summed E-state index contributed by atoms with van der Waals surface area (Å²) in [5.74, 6) is 0. The number of allylic oxidation sites excluding steroid dienone is 2. The summed E-state index contributed by atoms with van der Waals surface area (Å²) in [4.78, 5) is 2.38. The first kappa shape index (κ1) is 30.6. The van der Waals surface area contributed by atoms with Gasteiger partial charge in [0, 0.05) is 33.3 Å². The Balaban J connectivity index is 1.02. The maximum atomic E-state index is 2.42. The lowest BCUT2D eigenvalue weighted by molar-refractivity contribution is 0.660. The monoisotopic (exact) mass is 645 g/mol. The molecule has 3 aliphatic carbocycles. The molecule has 0 amide bonds. The molecule has 0 saturated heterocycles. The van der Waals surface area contributed by atoms with E-state index in [1.165, 1.54) is 72.5 Å². The standard InChI is InChI=1S/C49H43N/c1-47(2)41-18-12-10-16-37(41)38-29-27-36(31-44(38)47)50(34-14-8-7-9-15-34)35-25-22-32(23-26-35)20-21-33-24-28-40-43(30-33)49(5,6)45-39-17-11-13-19-42(39)48(3,4)46(40)45/h7-31H,1-6H3. The summed E-state index contributed by atoms with van der Waals surface area (Å²) in [5, 5.41) is 0. The minimum atomic E-state index is -0.0530. The Morgan fingerprint density at radius 3 is 1.54 bits per heavy atom. The van der Waals surface area contributed by atoms with Gasteiger partial charge in [-0.1, -0.05) is 157 Å². The topological polar surface area (TPSA) is 3.24 Å². The van der Waals surface area contributed by atoms with Crippen molar-refractivity contribution in [2.45, 2.75) is 57.8 Å². The van der Waals surface area contributed by atoms with E-state index in [1.807, 2.05) is 0 Å². The average molecular weight is 646 g/mol. The molecule has 50 heavy (non-hydrogen) atoms. The molecule has 0 heterocycles. The minimum absolute atomic E-state index is 0.00216. The van der Waals surface area contributed by atoms with Crippen LogP contribution in [0.5, 0.6) is 0 Å². The molecule has 0 fully saturated rings. The van der Waals surface area contributed by atoms with Gasteiger partial charge in [0.25, 0.3) is 0 Å². The Hall–Kier alpha value is -5.40. The van der Waals surface area contributed by atoms with Crippen LogP contribution in [0.4, 0.5) is 17.1 Å². The summed E-state index contributed by atoms with van der Waals surface area (Å²) in [6.45, 7) is 14.3. The molecule has 244 valence electrons. The average Bonchev–Trinajstić information content (AvgIpc) is 3.63. The SMILES string of the molecule is CC1(C)C2=C(c3ccccc31)C(C)(C)c1cc(C=Cc3ccc(N(c4ccccc4)c4ccc5c(c4)C(C)(C)c4ccccc4-5)cc3)ccc12. The van der Waals surface area contributed by atoms with Crippen molar-refractivity contribution in [2.24, 2.45) is 0 Å². The minimum Gasteiger partial charge on any atom is -0.310 e. The predicted molar refractivity (Wildman–Crippen MR) is 213 cm³/mol. The molecule has 1 nitrogen and oxygen atoms in total. The van der Waals surface area contributed by atoms with Crippen molar-refractivity contribution in [1.82, 2.24) is 0 Å². The Kier molecular flexibility index (Phi) is 6.62. The predicted octanol–water partition coefficient (Wildman–Crippen LogP) is 13.1. The molecule has 3 aliphatic rings. The highest BCUT2D eigenvalue weighted by molar-refractivity contribution is 6.09. The number of nitrogens with zero attached hydrogens (tertiary/aromatic N) is 1. The maximum absolute atomic E-state index is 2.42. The van der Waals surface area contributed by atoms with Gasteiger partial charge in [-0.15, -0.1) is 0 Å². The number of fused-ring (bicyclic) bond motifs is 7. The van der Waals surface area contributed by atoms with Crippen LogP contribution >= 0.6 is 0 Å². The smallest absolute Gasteiger partial charge is 0.0465 e. The summed E-state index contributed by atoms with van der Waals surface area (Å²) in [6.07, 6.45) is 4.51. The third-order valence-corrected chi connectivity index (χ3v) is 11.8. The van der Waals surface area contributed by atoms with E-state index in [0.717, 1.165) is 11.4 Å². The van der Waals surface area contributed by atoms with E-state index in [9.17, 15) is 0 Å². The van der Waals surface area contributed by atoms with Gasteiger partial charge in [-0.25, -0.2) is 0 Å². The number of benzene rings is 6. The van der Waals surface area contributed by atoms with Gasteiger partial charge in [0.15, 0.2) is 0 Å². The van der Waals surface area contributed by atoms with Gasteiger partial charge >= 0.3 is 0 Å². The number of para-hydroxylation sites is 1. The molecule has 0 spiro atoms. The van der Waals surface area contributed by atoms with Crippen LogP contribution in [0.15, 0.2) is 140 Å². The quantitative estimate of drug-likeness (QED) is 0.169. The highest BCUT2D eigenvalue weighted by atomic mass is 15.1. The molecule has 0 saturated carbocycles. The van der Waals surface area contributed by atoms with Crippen molar-refractivity contribution < 1.29 is 0 Å². The molecule has 0 bridgehead atoms. The molecule has 0 radical (unpaired) electrons. The molecular weight excluding hydrogens is 603 g/mol. The normalized spacial score (nSPS) is 16.9. The second-order valence-electron chi connectivity index (χ2n) is 15.8. The van der Waals surface area contributed by atoms with Crippen molar-refractivity contribution in [3.63, 3.8) is 0 Å². The van der Waals surface area contributed by atoms with Crippen LogP contribution < -0.4 is 4.90 Å². The number of rotatable bonds is 5. The maximum Gasteiger partial charge on any atom is 0.0465 e. The van der Waals surface area contributed by atoms with E-state index >= 15 is 0 Å².